The van der Waals surface area contributed by atoms with Crippen molar-refractivity contribution in [3.63, 3.8) is 0 Å². The molecule has 0 radical (unpaired) electrons. The SMILES string of the molecule is [2H]C1CC(Cl)CCC1[N+](=O)[O-]. The largest absolute Gasteiger partial charge is 0.264 e. The minimum absolute atomic E-state index is 0.0336. The van der Waals surface area contributed by atoms with Crippen molar-refractivity contribution in [2.45, 2.75) is 37.1 Å². The van der Waals surface area contributed by atoms with Gasteiger partial charge in [-0.2, -0.15) is 0 Å². The fourth-order valence-corrected chi connectivity index (χ4v) is 1.31. The molecule has 3 unspecified atom stereocenters. The molecule has 1 aliphatic rings. The second kappa shape index (κ2) is 3.19. The number of hydrogen-bond donors (Lipinski definition) is 0. The van der Waals surface area contributed by atoms with E-state index in [1.54, 1.807) is 0 Å². The maximum absolute atomic E-state index is 10.3. The molecule has 0 aliphatic heterocycles. The van der Waals surface area contributed by atoms with Gasteiger partial charge in [0.1, 0.15) is 0 Å². The van der Waals surface area contributed by atoms with Crippen molar-refractivity contribution < 1.29 is 6.29 Å². The molecule has 3 atom stereocenters. The quantitative estimate of drug-likeness (QED) is 0.337. The van der Waals surface area contributed by atoms with E-state index in [-0.39, 0.29) is 10.3 Å². The van der Waals surface area contributed by atoms with Crippen molar-refractivity contribution in [1.82, 2.24) is 0 Å². The van der Waals surface area contributed by atoms with Gasteiger partial charge in [-0.1, -0.05) is 0 Å². The van der Waals surface area contributed by atoms with Crippen LogP contribution in [0.25, 0.3) is 0 Å². The molecule has 0 N–H and O–H groups in total. The Morgan fingerprint density at radius 1 is 1.60 bits per heavy atom. The molecule has 1 saturated carbocycles. The molecule has 0 amide bonds. The Kier molecular flexibility index (Phi) is 2.04. The monoisotopic (exact) mass is 164 g/mol. The van der Waals surface area contributed by atoms with Crippen LogP contribution in [0.1, 0.15) is 27.0 Å². The molecule has 0 aromatic rings. The second-order valence-corrected chi connectivity index (χ2v) is 3.12. The molecule has 0 spiro atoms. The van der Waals surface area contributed by atoms with Crippen LogP contribution in [0.2, 0.25) is 0 Å². The summed E-state index contributed by atoms with van der Waals surface area (Å²) in [5.41, 5.74) is 0. The van der Waals surface area contributed by atoms with Gasteiger partial charge in [-0.05, 0) is 12.8 Å². The molecule has 4 heteroatoms. The standard InChI is InChI=1S/C6H10ClNO2/c7-5-1-3-6(4-2-5)8(9)10/h5-6H,1-4H2/i3D. The first-order valence-electron chi connectivity index (χ1n) is 3.89. The normalized spacial score (nSPS) is 42.5. The van der Waals surface area contributed by atoms with Crippen LogP contribution >= 0.6 is 11.6 Å². The molecule has 0 aromatic carbocycles. The smallest absolute Gasteiger partial charge is 0.213 e. The highest BCUT2D eigenvalue weighted by Gasteiger charge is 2.26. The maximum atomic E-state index is 10.3. The minimum Gasteiger partial charge on any atom is -0.264 e. The third kappa shape index (κ3) is 1.84. The highest BCUT2D eigenvalue weighted by Crippen LogP contribution is 2.24. The first kappa shape index (κ1) is 6.40. The van der Waals surface area contributed by atoms with E-state index in [1.165, 1.54) is 0 Å². The fraction of sp³-hybridized carbons (Fsp3) is 1.00. The lowest BCUT2D eigenvalue weighted by Gasteiger charge is -2.18. The molecule has 0 saturated heterocycles. The van der Waals surface area contributed by atoms with Crippen LogP contribution in [-0.2, 0) is 0 Å². The zero-order chi connectivity index (χ0) is 8.43. The third-order valence-corrected chi connectivity index (χ3v) is 2.11. The molecule has 10 heavy (non-hydrogen) atoms. The van der Waals surface area contributed by atoms with Crippen molar-refractivity contribution in [3.8, 4) is 0 Å². The molecular formula is C6H10ClNO2. The van der Waals surface area contributed by atoms with E-state index in [1.807, 2.05) is 0 Å². The summed E-state index contributed by atoms with van der Waals surface area (Å²) in [7, 11) is 0. The molecule has 0 bridgehead atoms. The van der Waals surface area contributed by atoms with Gasteiger partial charge >= 0.3 is 0 Å². The molecule has 1 aliphatic carbocycles. The lowest BCUT2D eigenvalue weighted by Crippen LogP contribution is -2.26. The Hall–Kier alpha value is -0.310. The highest BCUT2D eigenvalue weighted by atomic mass is 35.5. The van der Waals surface area contributed by atoms with E-state index in [2.05, 4.69) is 0 Å². The first-order chi connectivity index (χ1) is 5.11. The van der Waals surface area contributed by atoms with Crippen LogP contribution < -0.4 is 0 Å². The zero-order valence-corrected chi connectivity index (χ0v) is 6.25. The van der Waals surface area contributed by atoms with E-state index in [9.17, 15) is 10.1 Å². The number of hydrogen-bond acceptors (Lipinski definition) is 2. The van der Waals surface area contributed by atoms with Gasteiger partial charge in [-0.15, -0.1) is 11.6 Å². The van der Waals surface area contributed by atoms with Crippen molar-refractivity contribution in [2.75, 3.05) is 0 Å². The summed E-state index contributed by atoms with van der Waals surface area (Å²) in [6.07, 6.45) is 0.965. The van der Waals surface area contributed by atoms with Crippen molar-refractivity contribution in [3.05, 3.63) is 10.1 Å². The Morgan fingerprint density at radius 2 is 2.30 bits per heavy atom. The van der Waals surface area contributed by atoms with E-state index in [4.69, 9.17) is 13.0 Å². The second-order valence-electron chi connectivity index (χ2n) is 2.50. The summed E-state index contributed by atoms with van der Waals surface area (Å²) >= 11 is 5.74. The van der Waals surface area contributed by atoms with Gasteiger partial charge in [0.25, 0.3) is 0 Å². The summed E-state index contributed by atoms with van der Waals surface area (Å²) in [6, 6.07) is -0.690. The van der Waals surface area contributed by atoms with Gasteiger partial charge in [0.05, 0.1) is 0 Å². The fourth-order valence-electron chi connectivity index (χ4n) is 1.08. The Morgan fingerprint density at radius 3 is 2.80 bits per heavy atom. The molecule has 58 valence electrons. The van der Waals surface area contributed by atoms with Crippen LogP contribution in [-0.4, -0.2) is 16.3 Å². The predicted molar refractivity (Wildman–Crippen MR) is 38.9 cm³/mol. The summed E-state index contributed by atoms with van der Waals surface area (Å²) in [4.78, 5) is 9.95. The van der Waals surface area contributed by atoms with Gasteiger partial charge in [0, 0.05) is 24.5 Å². The van der Waals surface area contributed by atoms with Crippen molar-refractivity contribution in [1.29, 1.82) is 0 Å². The zero-order valence-electron chi connectivity index (χ0n) is 6.50. The van der Waals surface area contributed by atoms with Crippen LogP contribution in [0.15, 0.2) is 0 Å². The maximum Gasteiger partial charge on any atom is 0.213 e. The predicted octanol–water partition coefficient (Wildman–Crippen LogP) is 1.81. The van der Waals surface area contributed by atoms with E-state index in [0.29, 0.717) is 19.3 Å². The van der Waals surface area contributed by atoms with E-state index >= 15 is 0 Å². The van der Waals surface area contributed by atoms with Crippen LogP contribution in [0.5, 0.6) is 0 Å². The third-order valence-electron chi connectivity index (χ3n) is 1.71. The topological polar surface area (TPSA) is 43.1 Å². The number of alkyl halides is 1. The average Bonchev–Trinajstić information content (AvgIpc) is 1.85. The molecule has 0 aromatic heterocycles. The number of nitro groups is 1. The number of rotatable bonds is 1. The summed E-state index contributed by atoms with van der Waals surface area (Å²) in [5, 5.41) is 10.3. The van der Waals surface area contributed by atoms with Gasteiger partial charge in [0.15, 0.2) is 0 Å². The van der Waals surface area contributed by atoms with Crippen LogP contribution in [0.4, 0.5) is 0 Å². The van der Waals surface area contributed by atoms with Gasteiger partial charge in [-0.3, -0.25) is 10.1 Å². The minimum atomic E-state index is -0.690. The van der Waals surface area contributed by atoms with Crippen LogP contribution in [0.3, 0.4) is 0 Å². The lowest BCUT2D eigenvalue weighted by molar-refractivity contribution is -0.526. The molecule has 1 rings (SSSR count). The lowest BCUT2D eigenvalue weighted by atomic mass is 9.96. The molecular weight excluding hydrogens is 154 g/mol. The van der Waals surface area contributed by atoms with E-state index < -0.39 is 12.4 Å². The Balaban J connectivity index is 2.50. The molecule has 0 heterocycles. The van der Waals surface area contributed by atoms with E-state index in [0.717, 1.165) is 0 Å². The molecule has 3 nitrogen and oxygen atoms in total. The summed E-state index contributed by atoms with van der Waals surface area (Å²) in [5.74, 6) is 0. The first-order valence-corrected chi connectivity index (χ1v) is 3.74. The Labute approximate surface area is 65.9 Å². The summed E-state index contributed by atoms with van der Waals surface area (Å²) < 4.78 is 7.36. The van der Waals surface area contributed by atoms with Crippen molar-refractivity contribution >= 4 is 11.6 Å². The number of nitrogens with zero attached hydrogens (tertiary/aromatic N) is 1. The van der Waals surface area contributed by atoms with Crippen molar-refractivity contribution in [2.24, 2.45) is 0 Å². The van der Waals surface area contributed by atoms with Gasteiger partial charge in [0.2, 0.25) is 6.04 Å². The highest BCUT2D eigenvalue weighted by molar-refractivity contribution is 6.20. The number of halogens is 1. The van der Waals surface area contributed by atoms with Gasteiger partial charge in [-0.25, -0.2) is 0 Å². The molecule has 1 fully saturated rings. The summed E-state index contributed by atoms with van der Waals surface area (Å²) in [6.45, 7) is 0. The van der Waals surface area contributed by atoms with Crippen LogP contribution in [0, 0.1) is 10.1 Å². The van der Waals surface area contributed by atoms with Gasteiger partial charge < -0.3 is 0 Å². The Bertz CT molecular complexity index is 167. The average molecular weight is 165 g/mol.